The second-order valence-corrected chi connectivity index (χ2v) is 5.62. The number of aliphatic hydroxyl groups is 1. The van der Waals surface area contributed by atoms with Crippen LogP contribution < -0.4 is 0 Å². The maximum atomic E-state index is 9.28. The van der Waals surface area contributed by atoms with E-state index in [-0.39, 0.29) is 6.61 Å². The molecule has 0 saturated heterocycles. The summed E-state index contributed by atoms with van der Waals surface area (Å²) in [4.78, 5) is 1.13. The van der Waals surface area contributed by atoms with Crippen molar-refractivity contribution in [2.45, 2.75) is 17.3 Å². The molecule has 2 aromatic carbocycles. The highest BCUT2D eigenvalue weighted by atomic mass is 79.9. The van der Waals surface area contributed by atoms with Gasteiger partial charge in [-0.2, -0.15) is 0 Å². The third-order valence-electron chi connectivity index (χ3n) is 2.44. The summed E-state index contributed by atoms with van der Waals surface area (Å²) in [5.41, 5.74) is 2.27. The lowest BCUT2D eigenvalue weighted by Gasteiger charge is -2.07. The van der Waals surface area contributed by atoms with Gasteiger partial charge in [-0.05, 0) is 23.3 Å². The molecule has 0 radical (unpaired) electrons. The van der Waals surface area contributed by atoms with Crippen molar-refractivity contribution < 1.29 is 5.11 Å². The molecule has 2 aromatic rings. The maximum absolute atomic E-state index is 9.28. The summed E-state index contributed by atoms with van der Waals surface area (Å²) < 4.78 is 1.05. The number of hydrogen-bond acceptors (Lipinski definition) is 2. The molecule has 0 saturated carbocycles. The van der Waals surface area contributed by atoms with Crippen molar-refractivity contribution in [3.8, 4) is 0 Å². The zero-order valence-corrected chi connectivity index (χ0v) is 11.7. The van der Waals surface area contributed by atoms with Crippen molar-refractivity contribution in [2.24, 2.45) is 0 Å². The Morgan fingerprint density at radius 1 is 1.06 bits per heavy atom. The van der Waals surface area contributed by atoms with Gasteiger partial charge >= 0.3 is 0 Å². The molecule has 2 rings (SSSR count). The van der Waals surface area contributed by atoms with Crippen LogP contribution in [-0.2, 0) is 12.4 Å². The first-order chi connectivity index (χ1) is 8.29. The third kappa shape index (κ3) is 3.60. The van der Waals surface area contributed by atoms with Gasteiger partial charge in [0.05, 0.1) is 6.61 Å². The minimum atomic E-state index is 0.0877. The molecular formula is C14H13BrOS. The summed E-state index contributed by atoms with van der Waals surface area (Å²) in [6.07, 6.45) is 0. The van der Waals surface area contributed by atoms with Crippen LogP contribution in [0.25, 0.3) is 0 Å². The van der Waals surface area contributed by atoms with Gasteiger partial charge in [-0.3, -0.25) is 0 Å². The van der Waals surface area contributed by atoms with Crippen LogP contribution in [0.5, 0.6) is 0 Å². The van der Waals surface area contributed by atoms with Crippen molar-refractivity contribution in [3.63, 3.8) is 0 Å². The van der Waals surface area contributed by atoms with E-state index in [1.807, 2.05) is 30.3 Å². The average molecular weight is 309 g/mol. The maximum Gasteiger partial charge on any atom is 0.0692 e. The van der Waals surface area contributed by atoms with Gasteiger partial charge in [0.2, 0.25) is 0 Å². The number of aliphatic hydroxyl groups excluding tert-OH is 1. The largest absolute Gasteiger partial charge is 0.392 e. The molecule has 0 spiro atoms. The van der Waals surface area contributed by atoms with Crippen LogP contribution >= 0.6 is 27.7 Å². The van der Waals surface area contributed by atoms with E-state index in [9.17, 15) is 5.11 Å². The summed E-state index contributed by atoms with van der Waals surface area (Å²) in [7, 11) is 0. The van der Waals surface area contributed by atoms with Gasteiger partial charge in [0.1, 0.15) is 0 Å². The number of hydrogen-bond donors (Lipinski definition) is 1. The molecule has 1 N–H and O–H groups in total. The third-order valence-corrected chi connectivity index (χ3v) is 4.10. The van der Waals surface area contributed by atoms with Crippen molar-refractivity contribution in [3.05, 3.63) is 64.1 Å². The first-order valence-electron chi connectivity index (χ1n) is 5.35. The topological polar surface area (TPSA) is 20.2 Å². The summed E-state index contributed by atoms with van der Waals surface area (Å²) in [6, 6.07) is 16.3. The minimum Gasteiger partial charge on any atom is -0.392 e. The van der Waals surface area contributed by atoms with Gasteiger partial charge < -0.3 is 5.11 Å². The second-order valence-electron chi connectivity index (χ2n) is 3.68. The van der Waals surface area contributed by atoms with Crippen LogP contribution in [0.4, 0.5) is 0 Å². The summed E-state index contributed by atoms with van der Waals surface area (Å²) in [5.74, 6) is 0.921. The fourth-order valence-electron chi connectivity index (χ4n) is 1.53. The van der Waals surface area contributed by atoms with E-state index in [4.69, 9.17) is 0 Å². The molecule has 0 atom stereocenters. The molecule has 0 heterocycles. The van der Waals surface area contributed by atoms with E-state index >= 15 is 0 Å². The molecule has 1 nitrogen and oxygen atoms in total. The van der Waals surface area contributed by atoms with Crippen LogP contribution in [0.15, 0.2) is 57.9 Å². The zero-order chi connectivity index (χ0) is 12.1. The normalized spacial score (nSPS) is 10.5. The molecule has 0 bridgehead atoms. The summed E-state index contributed by atoms with van der Waals surface area (Å²) >= 11 is 5.21. The SMILES string of the molecule is OCc1ccc(Br)cc1SCc1ccccc1. The molecular weight excluding hydrogens is 296 g/mol. The van der Waals surface area contributed by atoms with E-state index in [0.29, 0.717) is 0 Å². The molecule has 3 heteroatoms. The number of rotatable bonds is 4. The number of benzene rings is 2. The van der Waals surface area contributed by atoms with Crippen molar-refractivity contribution in [2.75, 3.05) is 0 Å². The first-order valence-corrected chi connectivity index (χ1v) is 7.13. The lowest BCUT2D eigenvalue weighted by Crippen LogP contribution is -1.88. The van der Waals surface area contributed by atoms with Crippen LogP contribution in [-0.4, -0.2) is 5.11 Å². The molecule has 88 valence electrons. The fraction of sp³-hybridized carbons (Fsp3) is 0.143. The minimum absolute atomic E-state index is 0.0877. The van der Waals surface area contributed by atoms with E-state index in [0.717, 1.165) is 20.7 Å². The molecule has 0 amide bonds. The van der Waals surface area contributed by atoms with Crippen LogP contribution in [0, 0.1) is 0 Å². The predicted molar refractivity (Wildman–Crippen MR) is 76.1 cm³/mol. The van der Waals surface area contributed by atoms with Crippen LogP contribution in [0.1, 0.15) is 11.1 Å². The van der Waals surface area contributed by atoms with Crippen molar-refractivity contribution in [1.82, 2.24) is 0 Å². The smallest absolute Gasteiger partial charge is 0.0692 e. The summed E-state index contributed by atoms with van der Waals surface area (Å²) in [6.45, 7) is 0.0877. The quantitative estimate of drug-likeness (QED) is 0.853. The Bertz CT molecular complexity index is 485. The first kappa shape index (κ1) is 12.7. The predicted octanol–water partition coefficient (Wildman–Crippen LogP) is 4.23. The Labute approximate surface area is 114 Å². The highest BCUT2D eigenvalue weighted by molar-refractivity contribution is 9.10. The highest BCUT2D eigenvalue weighted by Crippen LogP contribution is 2.29. The Kier molecular flexibility index (Phi) is 4.66. The fourth-order valence-corrected chi connectivity index (χ4v) is 3.08. The molecule has 0 fully saturated rings. The van der Waals surface area contributed by atoms with Crippen molar-refractivity contribution >= 4 is 27.7 Å². The molecule has 0 aliphatic carbocycles. The molecule has 17 heavy (non-hydrogen) atoms. The Hall–Kier alpha value is -0.770. The van der Waals surface area contributed by atoms with E-state index in [1.165, 1.54) is 5.56 Å². The molecule has 0 aliphatic heterocycles. The lowest BCUT2D eigenvalue weighted by molar-refractivity contribution is 0.279. The average Bonchev–Trinajstić information content (AvgIpc) is 2.38. The van der Waals surface area contributed by atoms with Crippen LogP contribution in [0.2, 0.25) is 0 Å². The Balaban J connectivity index is 2.11. The highest BCUT2D eigenvalue weighted by Gasteiger charge is 2.03. The Morgan fingerprint density at radius 3 is 2.53 bits per heavy atom. The van der Waals surface area contributed by atoms with Gasteiger partial charge in [0.25, 0.3) is 0 Å². The van der Waals surface area contributed by atoms with E-state index in [1.54, 1.807) is 11.8 Å². The van der Waals surface area contributed by atoms with Crippen molar-refractivity contribution in [1.29, 1.82) is 0 Å². The summed E-state index contributed by atoms with van der Waals surface area (Å²) in [5, 5.41) is 9.28. The van der Waals surface area contributed by atoms with Gasteiger partial charge in [-0.15, -0.1) is 11.8 Å². The van der Waals surface area contributed by atoms with Gasteiger partial charge in [0, 0.05) is 15.1 Å². The van der Waals surface area contributed by atoms with Gasteiger partial charge in [-0.1, -0.05) is 52.3 Å². The molecule has 0 unspecified atom stereocenters. The molecule has 0 aliphatic rings. The standard InChI is InChI=1S/C14H13BrOS/c15-13-7-6-12(9-16)14(8-13)17-10-11-4-2-1-3-5-11/h1-8,16H,9-10H2. The van der Waals surface area contributed by atoms with E-state index < -0.39 is 0 Å². The van der Waals surface area contributed by atoms with Gasteiger partial charge in [-0.25, -0.2) is 0 Å². The zero-order valence-electron chi connectivity index (χ0n) is 9.27. The second kappa shape index (κ2) is 6.24. The lowest BCUT2D eigenvalue weighted by atomic mass is 10.2. The monoisotopic (exact) mass is 308 g/mol. The molecule has 0 aromatic heterocycles. The number of halogens is 1. The van der Waals surface area contributed by atoms with E-state index in [2.05, 4.69) is 34.1 Å². The number of thioether (sulfide) groups is 1. The van der Waals surface area contributed by atoms with Crippen LogP contribution in [0.3, 0.4) is 0 Å². The van der Waals surface area contributed by atoms with Gasteiger partial charge in [0.15, 0.2) is 0 Å². The Morgan fingerprint density at radius 2 is 1.82 bits per heavy atom.